The van der Waals surface area contributed by atoms with Crippen molar-refractivity contribution in [3.8, 4) is 17.2 Å². The second-order valence-electron chi connectivity index (χ2n) is 5.21. The van der Waals surface area contributed by atoms with E-state index in [0.717, 1.165) is 5.56 Å². The number of carbonyl (C=O) groups excluding carboxylic acids is 1. The SMILES string of the molecule is O=C(COc1ccc(F)cc1)NCCc1nnc(-c2ccccc2)o1. The summed E-state index contributed by atoms with van der Waals surface area (Å²) in [6.45, 7) is 0.201. The van der Waals surface area contributed by atoms with Gasteiger partial charge in [-0.05, 0) is 36.4 Å². The predicted octanol–water partition coefficient (Wildman–Crippen LogP) is 2.61. The first-order valence-corrected chi connectivity index (χ1v) is 7.73. The van der Waals surface area contributed by atoms with Crippen LogP contribution in [-0.2, 0) is 11.2 Å². The Morgan fingerprint density at radius 3 is 2.60 bits per heavy atom. The van der Waals surface area contributed by atoms with E-state index in [9.17, 15) is 9.18 Å². The van der Waals surface area contributed by atoms with E-state index in [1.165, 1.54) is 24.3 Å². The molecule has 1 aromatic heterocycles. The summed E-state index contributed by atoms with van der Waals surface area (Å²) in [7, 11) is 0. The minimum Gasteiger partial charge on any atom is -0.484 e. The monoisotopic (exact) mass is 341 g/mol. The molecular weight excluding hydrogens is 325 g/mol. The maximum atomic E-state index is 12.8. The summed E-state index contributed by atoms with van der Waals surface area (Å²) in [5.41, 5.74) is 0.845. The summed E-state index contributed by atoms with van der Waals surface area (Å²) < 4.78 is 23.6. The van der Waals surface area contributed by atoms with Crippen molar-refractivity contribution < 1.29 is 18.3 Å². The van der Waals surface area contributed by atoms with Crippen LogP contribution in [0.15, 0.2) is 59.0 Å². The van der Waals surface area contributed by atoms with Crippen molar-refractivity contribution in [3.63, 3.8) is 0 Å². The quantitative estimate of drug-likeness (QED) is 0.715. The van der Waals surface area contributed by atoms with Crippen molar-refractivity contribution >= 4 is 5.91 Å². The zero-order valence-corrected chi connectivity index (χ0v) is 13.3. The molecule has 0 bridgehead atoms. The molecule has 0 radical (unpaired) electrons. The van der Waals surface area contributed by atoms with Crippen LogP contribution in [0.4, 0.5) is 4.39 Å². The molecule has 128 valence electrons. The van der Waals surface area contributed by atoms with Crippen LogP contribution in [-0.4, -0.2) is 29.3 Å². The molecule has 0 aliphatic heterocycles. The summed E-state index contributed by atoms with van der Waals surface area (Å²) >= 11 is 0. The van der Waals surface area contributed by atoms with E-state index in [4.69, 9.17) is 9.15 Å². The molecular formula is C18H16FN3O3. The van der Waals surface area contributed by atoms with Gasteiger partial charge in [-0.3, -0.25) is 4.79 Å². The summed E-state index contributed by atoms with van der Waals surface area (Å²) in [5.74, 6) is 0.680. The van der Waals surface area contributed by atoms with Gasteiger partial charge in [0.25, 0.3) is 5.91 Å². The fraction of sp³-hybridized carbons (Fsp3) is 0.167. The lowest BCUT2D eigenvalue weighted by atomic mass is 10.2. The Labute approximate surface area is 143 Å². The highest BCUT2D eigenvalue weighted by Crippen LogP contribution is 2.16. The van der Waals surface area contributed by atoms with Gasteiger partial charge in [-0.25, -0.2) is 4.39 Å². The van der Waals surface area contributed by atoms with Crippen LogP contribution in [0.25, 0.3) is 11.5 Å². The Morgan fingerprint density at radius 1 is 1.08 bits per heavy atom. The first kappa shape index (κ1) is 16.6. The molecule has 3 aromatic rings. The molecule has 0 spiro atoms. The smallest absolute Gasteiger partial charge is 0.257 e. The Morgan fingerprint density at radius 2 is 1.84 bits per heavy atom. The topological polar surface area (TPSA) is 77.2 Å². The summed E-state index contributed by atoms with van der Waals surface area (Å²) in [6.07, 6.45) is 0.419. The molecule has 7 heteroatoms. The van der Waals surface area contributed by atoms with Gasteiger partial charge in [-0.2, -0.15) is 0 Å². The van der Waals surface area contributed by atoms with E-state index in [-0.39, 0.29) is 18.3 Å². The van der Waals surface area contributed by atoms with Gasteiger partial charge in [0, 0.05) is 18.5 Å². The lowest BCUT2D eigenvalue weighted by molar-refractivity contribution is -0.123. The van der Waals surface area contributed by atoms with E-state index in [1.54, 1.807) is 0 Å². The van der Waals surface area contributed by atoms with Crippen LogP contribution in [0.1, 0.15) is 5.89 Å². The fourth-order valence-corrected chi connectivity index (χ4v) is 2.09. The molecule has 0 aliphatic carbocycles. The third-order valence-electron chi connectivity index (χ3n) is 3.33. The predicted molar refractivity (Wildman–Crippen MR) is 88.3 cm³/mol. The van der Waals surface area contributed by atoms with Gasteiger partial charge in [-0.15, -0.1) is 10.2 Å². The van der Waals surface area contributed by atoms with Gasteiger partial charge >= 0.3 is 0 Å². The molecule has 0 saturated carbocycles. The number of ether oxygens (including phenoxy) is 1. The van der Waals surface area contributed by atoms with Crippen molar-refractivity contribution in [2.75, 3.05) is 13.2 Å². The molecule has 0 unspecified atom stereocenters. The van der Waals surface area contributed by atoms with Gasteiger partial charge in [0.05, 0.1) is 0 Å². The van der Waals surface area contributed by atoms with Gasteiger partial charge in [0.15, 0.2) is 6.61 Å². The third kappa shape index (κ3) is 4.87. The lowest BCUT2D eigenvalue weighted by Crippen LogP contribution is -2.30. The first-order valence-electron chi connectivity index (χ1n) is 7.73. The Hall–Kier alpha value is -3.22. The van der Waals surface area contributed by atoms with Crippen LogP contribution in [0, 0.1) is 5.82 Å². The molecule has 0 saturated heterocycles. The van der Waals surface area contributed by atoms with Crippen LogP contribution >= 0.6 is 0 Å². The zero-order chi connectivity index (χ0) is 17.5. The third-order valence-corrected chi connectivity index (χ3v) is 3.33. The molecule has 6 nitrogen and oxygen atoms in total. The van der Waals surface area contributed by atoms with Crippen molar-refractivity contribution in [2.24, 2.45) is 0 Å². The number of benzene rings is 2. The summed E-state index contributed by atoms with van der Waals surface area (Å²) in [4.78, 5) is 11.7. The molecule has 1 heterocycles. The maximum absolute atomic E-state index is 12.8. The Kier molecular flexibility index (Phi) is 5.36. The van der Waals surface area contributed by atoms with Crippen LogP contribution in [0.3, 0.4) is 0 Å². The second-order valence-corrected chi connectivity index (χ2v) is 5.21. The number of nitrogens with one attached hydrogen (secondary N) is 1. The number of aromatic nitrogens is 2. The molecule has 2 aromatic carbocycles. The van der Waals surface area contributed by atoms with Crippen molar-refractivity contribution in [1.29, 1.82) is 0 Å². The average molecular weight is 341 g/mol. The highest BCUT2D eigenvalue weighted by molar-refractivity contribution is 5.77. The van der Waals surface area contributed by atoms with Gasteiger partial charge < -0.3 is 14.5 Å². The van der Waals surface area contributed by atoms with E-state index in [1.807, 2.05) is 30.3 Å². The minimum absolute atomic E-state index is 0.148. The largest absolute Gasteiger partial charge is 0.484 e. The number of halogens is 1. The average Bonchev–Trinajstić information content (AvgIpc) is 3.11. The Bertz CT molecular complexity index is 819. The number of hydrogen-bond acceptors (Lipinski definition) is 5. The number of carbonyl (C=O) groups is 1. The Balaban J connectivity index is 1.41. The molecule has 25 heavy (non-hydrogen) atoms. The van der Waals surface area contributed by atoms with Gasteiger partial charge in [0.2, 0.25) is 11.8 Å². The molecule has 3 rings (SSSR count). The summed E-state index contributed by atoms with van der Waals surface area (Å²) in [6, 6.07) is 14.9. The lowest BCUT2D eigenvalue weighted by Gasteiger charge is -2.06. The van der Waals surface area contributed by atoms with E-state index in [2.05, 4.69) is 15.5 Å². The van der Waals surface area contributed by atoms with E-state index < -0.39 is 0 Å². The number of nitrogens with zero attached hydrogens (tertiary/aromatic N) is 2. The molecule has 0 atom stereocenters. The number of rotatable bonds is 7. The normalized spacial score (nSPS) is 10.4. The highest BCUT2D eigenvalue weighted by Gasteiger charge is 2.09. The van der Waals surface area contributed by atoms with Crippen molar-refractivity contribution in [1.82, 2.24) is 15.5 Å². The molecule has 1 amide bonds. The molecule has 1 N–H and O–H groups in total. The van der Waals surface area contributed by atoms with E-state index >= 15 is 0 Å². The van der Waals surface area contributed by atoms with Crippen molar-refractivity contribution in [2.45, 2.75) is 6.42 Å². The highest BCUT2D eigenvalue weighted by atomic mass is 19.1. The maximum Gasteiger partial charge on any atom is 0.257 e. The number of hydrogen-bond donors (Lipinski definition) is 1. The fourth-order valence-electron chi connectivity index (χ4n) is 2.09. The summed E-state index contributed by atoms with van der Waals surface area (Å²) in [5, 5.41) is 10.6. The van der Waals surface area contributed by atoms with Crippen LogP contribution in [0.5, 0.6) is 5.75 Å². The molecule has 0 fully saturated rings. The number of amides is 1. The van der Waals surface area contributed by atoms with E-state index in [0.29, 0.717) is 30.5 Å². The second kappa shape index (κ2) is 8.05. The molecule has 0 aliphatic rings. The van der Waals surface area contributed by atoms with Crippen LogP contribution < -0.4 is 10.1 Å². The van der Waals surface area contributed by atoms with Crippen molar-refractivity contribution in [3.05, 3.63) is 66.3 Å². The minimum atomic E-state index is -0.355. The van der Waals surface area contributed by atoms with Crippen LogP contribution in [0.2, 0.25) is 0 Å². The van der Waals surface area contributed by atoms with Gasteiger partial charge in [0.1, 0.15) is 11.6 Å². The van der Waals surface area contributed by atoms with Gasteiger partial charge in [-0.1, -0.05) is 18.2 Å². The standard InChI is InChI=1S/C18H16FN3O3/c19-14-6-8-15(9-7-14)24-12-16(23)20-11-10-17-21-22-18(25-17)13-4-2-1-3-5-13/h1-9H,10-12H2,(H,20,23). The first-order chi connectivity index (χ1) is 12.2. The zero-order valence-electron chi connectivity index (χ0n) is 13.3.